The molecule has 5 rings (SSSR count). The van der Waals surface area contributed by atoms with Crippen LogP contribution in [-0.2, 0) is 16.0 Å². The molecule has 5 nitrogen and oxygen atoms in total. The third-order valence-corrected chi connectivity index (χ3v) is 6.69. The van der Waals surface area contributed by atoms with E-state index < -0.39 is 11.8 Å². The van der Waals surface area contributed by atoms with E-state index in [0.29, 0.717) is 11.3 Å². The van der Waals surface area contributed by atoms with Crippen LogP contribution in [0.2, 0.25) is 0 Å². The monoisotopic (exact) mass is 517 g/mol. The summed E-state index contributed by atoms with van der Waals surface area (Å²) in [4.78, 5) is 27.0. The molecule has 0 fully saturated rings. The molecule has 1 N–H and O–H groups in total. The average molecular weight is 518 g/mol. The highest BCUT2D eigenvalue weighted by molar-refractivity contribution is 9.10. The molecule has 0 aliphatic heterocycles. The molecule has 1 aromatic heterocycles. The van der Waals surface area contributed by atoms with E-state index in [1.807, 2.05) is 49.4 Å². The van der Waals surface area contributed by atoms with Gasteiger partial charge in [0.05, 0.1) is 23.5 Å². The smallest absolute Gasteiger partial charge is 0.235 e. The number of benzene rings is 3. The van der Waals surface area contributed by atoms with Crippen molar-refractivity contribution in [3.05, 3.63) is 112 Å². The van der Waals surface area contributed by atoms with Gasteiger partial charge < -0.3 is 5.32 Å². The number of nitrogens with one attached hydrogen (secondary N) is 1. The Morgan fingerprint density at radius 2 is 1.71 bits per heavy atom. The molecular weight excluding hydrogens is 497 g/mol. The van der Waals surface area contributed by atoms with Gasteiger partial charge in [-0.1, -0.05) is 46.3 Å². The largest absolute Gasteiger partial charge is 0.325 e. The van der Waals surface area contributed by atoms with Crippen LogP contribution >= 0.6 is 15.9 Å². The summed E-state index contributed by atoms with van der Waals surface area (Å²) in [5.74, 6) is -2.51. The molecule has 1 heterocycles. The molecule has 0 saturated heterocycles. The number of Topliss-reactive ketones (excluding diaryl/α,β-unsaturated/α-hetero) is 1. The molecule has 1 aliphatic rings. The first kappa shape index (κ1) is 22.2. The van der Waals surface area contributed by atoms with Crippen molar-refractivity contribution < 1.29 is 14.0 Å². The molecule has 2 atom stereocenters. The number of ketones is 1. The van der Waals surface area contributed by atoms with Gasteiger partial charge in [0.15, 0.2) is 5.78 Å². The lowest BCUT2D eigenvalue weighted by molar-refractivity contribution is -0.131. The highest BCUT2D eigenvalue weighted by Gasteiger charge is 2.44. The average Bonchev–Trinajstić information content (AvgIpc) is 3.16. The topological polar surface area (TPSA) is 64.0 Å². The summed E-state index contributed by atoms with van der Waals surface area (Å²) >= 11 is 3.38. The van der Waals surface area contributed by atoms with Crippen molar-refractivity contribution in [2.75, 3.05) is 5.32 Å². The summed E-state index contributed by atoms with van der Waals surface area (Å²) in [7, 11) is 0. The number of hydrogen-bond acceptors (Lipinski definition) is 3. The van der Waals surface area contributed by atoms with Crippen LogP contribution in [0.4, 0.5) is 10.1 Å². The van der Waals surface area contributed by atoms with E-state index in [-0.39, 0.29) is 23.9 Å². The summed E-state index contributed by atoms with van der Waals surface area (Å²) in [5, 5.41) is 7.62. The van der Waals surface area contributed by atoms with Gasteiger partial charge in [0, 0.05) is 21.6 Å². The Kier molecular flexibility index (Phi) is 5.87. The lowest BCUT2D eigenvalue weighted by Gasteiger charge is -2.31. The summed E-state index contributed by atoms with van der Waals surface area (Å²) in [6.45, 7) is 1.88. The van der Waals surface area contributed by atoms with Gasteiger partial charge in [-0.25, -0.2) is 9.07 Å². The maximum Gasteiger partial charge on any atom is 0.235 e. The second kappa shape index (κ2) is 8.99. The van der Waals surface area contributed by atoms with Crippen molar-refractivity contribution in [2.45, 2.75) is 19.3 Å². The normalized spacial score (nSPS) is 17.3. The molecular formula is C27H21BrFN3O2. The number of aromatic nitrogens is 2. The van der Waals surface area contributed by atoms with Crippen molar-refractivity contribution >= 4 is 33.3 Å². The number of hydrogen-bond donors (Lipinski definition) is 1. The van der Waals surface area contributed by atoms with Crippen LogP contribution in [0.1, 0.15) is 28.4 Å². The fraction of sp³-hybridized carbons (Fsp3) is 0.148. The molecule has 1 aliphatic carbocycles. The molecule has 3 aromatic carbocycles. The standard InChI is InChI=1S/C27H21BrFN3O2/c1-16-24-22(32(31-16)21-5-3-2-4-6-21)15-23(33)26(25(24)17-7-11-19(29)12-8-17)27(34)30-20-13-9-18(28)10-14-20/h2-14,25-26H,15H2,1H3,(H,30,34)/t25-,26+/m0/s1. The van der Waals surface area contributed by atoms with Gasteiger partial charge >= 0.3 is 0 Å². The number of amides is 1. The van der Waals surface area contributed by atoms with Gasteiger partial charge in [0.25, 0.3) is 0 Å². The van der Waals surface area contributed by atoms with E-state index in [1.54, 1.807) is 28.9 Å². The number of fused-ring (bicyclic) bond motifs is 1. The van der Waals surface area contributed by atoms with Crippen molar-refractivity contribution in [3.8, 4) is 5.69 Å². The lowest BCUT2D eigenvalue weighted by atomic mass is 9.72. The van der Waals surface area contributed by atoms with Gasteiger partial charge in [-0.05, 0) is 61.0 Å². The summed E-state index contributed by atoms with van der Waals surface area (Å²) in [6, 6.07) is 22.8. The van der Waals surface area contributed by atoms with E-state index in [1.165, 1.54) is 12.1 Å². The minimum Gasteiger partial charge on any atom is -0.325 e. The minimum absolute atomic E-state index is 0.0845. The molecule has 34 heavy (non-hydrogen) atoms. The highest BCUT2D eigenvalue weighted by Crippen LogP contribution is 2.42. The van der Waals surface area contributed by atoms with Gasteiger partial charge in [-0.3, -0.25) is 9.59 Å². The zero-order chi connectivity index (χ0) is 23.8. The number of aryl methyl sites for hydroxylation is 1. The highest BCUT2D eigenvalue weighted by atomic mass is 79.9. The SMILES string of the molecule is Cc1nn(-c2ccccc2)c2c1[C@H](c1ccc(F)cc1)[C@H](C(=O)Nc1ccc(Br)cc1)C(=O)C2. The molecule has 0 spiro atoms. The summed E-state index contributed by atoms with van der Waals surface area (Å²) in [6.07, 6.45) is 0.0845. The van der Waals surface area contributed by atoms with Gasteiger partial charge in [0.1, 0.15) is 11.7 Å². The first-order chi connectivity index (χ1) is 16.4. The number of anilines is 1. The van der Waals surface area contributed by atoms with E-state index >= 15 is 0 Å². The number of halogens is 2. The Bertz CT molecular complexity index is 1370. The van der Waals surface area contributed by atoms with Crippen molar-refractivity contribution in [2.24, 2.45) is 5.92 Å². The van der Waals surface area contributed by atoms with E-state index in [0.717, 1.165) is 27.1 Å². The maximum absolute atomic E-state index is 13.7. The zero-order valence-corrected chi connectivity index (χ0v) is 19.9. The minimum atomic E-state index is -0.964. The van der Waals surface area contributed by atoms with Crippen LogP contribution in [0.5, 0.6) is 0 Å². The molecule has 170 valence electrons. The van der Waals surface area contributed by atoms with Crippen molar-refractivity contribution in [1.29, 1.82) is 0 Å². The number of para-hydroxylation sites is 1. The van der Waals surface area contributed by atoms with Crippen molar-refractivity contribution in [1.82, 2.24) is 9.78 Å². The molecule has 0 radical (unpaired) electrons. The third-order valence-electron chi connectivity index (χ3n) is 6.16. The lowest BCUT2D eigenvalue weighted by Crippen LogP contribution is -2.40. The fourth-order valence-corrected chi connectivity index (χ4v) is 4.92. The van der Waals surface area contributed by atoms with Crippen LogP contribution in [0.15, 0.2) is 83.3 Å². The Morgan fingerprint density at radius 1 is 1.03 bits per heavy atom. The Hall–Kier alpha value is -3.58. The second-order valence-corrected chi connectivity index (χ2v) is 9.25. The Labute approximate surface area is 204 Å². The number of nitrogens with zero attached hydrogens (tertiary/aromatic N) is 2. The fourth-order valence-electron chi connectivity index (χ4n) is 4.65. The predicted octanol–water partition coefficient (Wildman–Crippen LogP) is 5.59. The molecule has 1 amide bonds. The quantitative estimate of drug-likeness (QED) is 0.358. The van der Waals surface area contributed by atoms with Crippen LogP contribution in [0.3, 0.4) is 0 Å². The number of rotatable bonds is 4. The van der Waals surface area contributed by atoms with Crippen LogP contribution < -0.4 is 5.32 Å². The first-order valence-corrected chi connectivity index (χ1v) is 11.7. The second-order valence-electron chi connectivity index (χ2n) is 8.34. The molecule has 4 aromatic rings. The summed E-state index contributed by atoms with van der Waals surface area (Å²) in [5.41, 5.74) is 4.47. The van der Waals surface area contributed by atoms with Gasteiger partial charge in [-0.15, -0.1) is 0 Å². The molecule has 0 saturated carbocycles. The van der Waals surface area contributed by atoms with E-state index in [2.05, 4.69) is 21.2 Å². The van der Waals surface area contributed by atoms with Crippen LogP contribution in [0.25, 0.3) is 5.69 Å². The van der Waals surface area contributed by atoms with Crippen LogP contribution in [0, 0.1) is 18.7 Å². The van der Waals surface area contributed by atoms with E-state index in [4.69, 9.17) is 5.10 Å². The molecule has 0 unspecified atom stereocenters. The summed E-state index contributed by atoms with van der Waals surface area (Å²) < 4.78 is 16.4. The van der Waals surface area contributed by atoms with Crippen molar-refractivity contribution in [3.63, 3.8) is 0 Å². The maximum atomic E-state index is 13.7. The third kappa shape index (κ3) is 4.07. The first-order valence-electron chi connectivity index (χ1n) is 10.9. The number of carbonyl (C=O) groups is 2. The Balaban J connectivity index is 1.62. The molecule has 7 heteroatoms. The molecule has 0 bridgehead atoms. The zero-order valence-electron chi connectivity index (χ0n) is 18.3. The van der Waals surface area contributed by atoms with Crippen LogP contribution in [-0.4, -0.2) is 21.5 Å². The van der Waals surface area contributed by atoms with Gasteiger partial charge in [-0.2, -0.15) is 5.10 Å². The Morgan fingerprint density at radius 3 is 2.38 bits per heavy atom. The van der Waals surface area contributed by atoms with Gasteiger partial charge in [0.2, 0.25) is 5.91 Å². The number of carbonyl (C=O) groups excluding carboxylic acids is 2. The predicted molar refractivity (Wildman–Crippen MR) is 132 cm³/mol. The van der Waals surface area contributed by atoms with E-state index in [9.17, 15) is 14.0 Å².